The average Bonchev–Trinajstić information content (AvgIpc) is 2.75. The zero-order valence-electron chi connectivity index (χ0n) is 17.4. The fourth-order valence-corrected chi connectivity index (χ4v) is 3.11. The van der Waals surface area contributed by atoms with E-state index >= 15 is 0 Å². The lowest BCUT2D eigenvalue weighted by atomic mass is 10.2. The van der Waals surface area contributed by atoms with Crippen LogP contribution in [0.4, 0.5) is 8.78 Å². The minimum absolute atomic E-state index is 0. The maximum absolute atomic E-state index is 12.9. The summed E-state index contributed by atoms with van der Waals surface area (Å²) in [6.45, 7) is 5.07. The van der Waals surface area contributed by atoms with Gasteiger partial charge >= 0.3 is 11.9 Å². The minimum Gasteiger partial charge on any atom is -0.461 e. The number of nitrogens with zero attached hydrogens (tertiary/aromatic N) is 2. The van der Waals surface area contributed by atoms with Crippen LogP contribution in [0.3, 0.4) is 0 Å². The molecule has 0 saturated carbocycles. The summed E-state index contributed by atoms with van der Waals surface area (Å²) in [4.78, 5) is 28.2. The fourth-order valence-electron chi connectivity index (χ4n) is 3.11. The van der Waals surface area contributed by atoms with Crippen molar-refractivity contribution in [3.8, 4) is 0 Å². The molecule has 0 atom stereocenters. The van der Waals surface area contributed by atoms with Crippen molar-refractivity contribution in [3.05, 3.63) is 71.3 Å². The summed E-state index contributed by atoms with van der Waals surface area (Å²) in [5.74, 6) is -1.71. The molecule has 176 valence electrons. The third-order valence-corrected chi connectivity index (χ3v) is 4.91. The number of hydrogen-bond donors (Lipinski definition) is 0. The zero-order valence-corrected chi connectivity index (χ0v) is 19.0. The van der Waals surface area contributed by atoms with E-state index < -0.39 is 23.6 Å². The second kappa shape index (κ2) is 14.0. The largest absolute Gasteiger partial charge is 0.461 e. The number of hydrogen-bond acceptors (Lipinski definition) is 6. The number of carbonyl (C=O) groups is 2. The van der Waals surface area contributed by atoms with Crippen LogP contribution < -0.4 is 0 Å². The van der Waals surface area contributed by atoms with E-state index in [0.717, 1.165) is 26.2 Å². The van der Waals surface area contributed by atoms with Crippen LogP contribution in [-0.2, 0) is 9.47 Å². The monoisotopic (exact) mass is 490 g/mol. The van der Waals surface area contributed by atoms with Crippen LogP contribution in [0, 0.1) is 11.6 Å². The van der Waals surface area contributed by atoms with Crippen molar-refractivity contribution in [1.82, 2.24) is 9.80 Å². The lowest BCUT2D eigenvalue weighted by molar-refractivity contribution is 0.0352. The number of halogens is 4. The Morgan fingerprint density at radius 2 is 0.969 bits per heavy atom. The lowest BCUT2D eigenvalue weighted by Gasteiger charge is -2.34. The third-order valence-electron chi connectivity index (χ3n) is 4.91. The van der Waals surface area contributed by atoms with E-state index in [4.69, 9.17) is 9.47 Å². The summed E-state index contributed by atoms with van der Waals surface area (Å²) in [5.41, 5.74) is 0.660. The van der Waals surface area contributed by atoms with E-state index in [1.165, 1.54) is 48.5 Å². The van der Waals surface area contributed by atoms with Gasteiger partial charge in [-0.2, -0.15) is 0 Å². The molecule has 0 radical (unpaired) electrons. The first-order valence-electron chi connectivity index (χ1n) is 9.81. The van der Waals surface area contributed by atoms with Gasteiger partial charge in [0.1, 0.15) is 24.8 Å². The van der Waals surface area contributed by atoms with Gasteiger partial charge in [0.15, 0.2) is 0 Å². The molecule has 32 heavy (non-hydrogen) atoms. The van der Waals surface area contributed by atoms with Gasteiger partial charge in [-0.05, 0) is 48.5 Å². The molecule has 1 saturated heterocycles. The van der Waals surface area contributed by atoms with Gasteiger partial charge in [0, 0.05) is 39.3 Å². The summed E-state index contributed by atoms with van der Waals surface area (Å²) in [7, 11) is 0. The van der Waals surface area contributed by atoms with Crippen LogP contribution >= 0.6 is 24.8 Å². The quantitative estimate of drug-likeness (QED) is 0.528. The van der Waals surface area contributed by atoms with E-state index in [0.29, 0.717) is 24.2 Å². The van der Waals surface area contributed by atoms with Gasteiger partial charge in [0.25, 0.3) is 0 Å². The summed E-state index contributed by atoms with van der Waals surface area (Å²) in [6.07, 6.45) is 0. The maximum Gasteiger partial charge on any atom is 0.338 e. The van der Waals surface area contributed by atoms with E-state index in [9.17, 15) is 18.4 Å². The highest BCUT2D eigenvalue weighted by molar-refractivity contribution is 5.89. The van der Waals surface area contributed by atoms with Crippen molar-refractivity contribution in [1.29, 1.82) is 0 Å². The molecule has 10 heteroatoms. The van der Waals surface area contributed by atoms with E-state index in [1.54, 1.807) is 0 Å². The Hall–Kier alpha value is -2.26. The third kappa shape index (κ3) is 8.70. The molecule has 2 aromatic rings. The first-order chi connectivity index (χ1) is 14.5. The number of rotatable bonds is 8. The Morgan fingerprint density at radius 1 is 0.656 bits per heavy atom. The highest BCUT2D eigenvalue weighted by Crippen LogP contribution is 2.07. The molecule has 0 N–H and O–H groups in total. The van der Waals surface area contributed by atoms with Gasteiger partial charge in [-0.1, -0.05) is 0 Å². The number of piperazine rings is 1. The Kier molecular flexibility index (Phi) is 12.2. The molecule has 2 aromatic carbocycles. The molecule has 1 fully saturated rings. The molecule has 0 unspecified atom stereocenters. The smallest absolute Gasteiger partial charge is 0.338 e. The van der Waals surface area contributed by atoms with Crippen LogP contribution in [-0.4, -0.2) is 74.2 Å². The number of carbonyl (C=O) groups excluding carboxylic acids is 2. The van der Waals surface area contributed by atoms with Crippen LogP contribution in [0.5, 0.6) is 0 Å². The van der Waals surface area contributed by atoms with Gasteiger partial charge in [-0.25, -0.2) is 18.4 Å². The van der Waals surface area contributed by atoms with Crippen molar-refractivity contribution in [2.24, 2.45) is 0 Å². The summed E-state index contributed by atoms with van der Waals surface area (Å²) in [5, 5.41) is 0. The molecule has 3 rings (SSSR count). The predicted molar refractivity (Wildman–Crippen MR) is 121 cm³/mol. The Morgan fingerprint density at radius 3 is 1.28 bits per heavy atom. The molecule has 0 aromatic heterocycles. The molecule has 1 aliphatic heterocycles. The summed E-state index contributed by atoms with van der Waals surface area (Å²) < 4.78 is 36.3. The number of benzene rings is 2. The molecular formula is C22H26Cl2F2N2O4. The maximum atomic E-state index is 12.9. The highest BCUT2D eigenvalue weighted by atomic mass is 35.5. The van der Waals surface area contributed by atoms with Crippen molar-refractivity contribution in [2.45, 2.75) is 0 Å². The Balaban J connectivity index is 0.00000256. The van der Waals surface area contributed by atoms with Crippen LogP contribution in [0.25, 0.3) is 0 Å². The molecule has 0 aliphatic carbocycles. The summed E-state index contributed by atoms with van der Waals surface area (Å²) >= 11 is 0. The average molecular weight is 491 g/mol. The highest BCUT2D eigenvalue weighted by Gasteiger charge is 2.18. The molecule has 1 heterocycles. The van der Waals surface area contributed by atoms with Crippen molar-refractivity contribution >= 4 is 36.8 Å². The van der Waals surface area contributed by atoms with Gasteiger partial charge in [-0.3, -0.25) is 9.80 Å². The SMILES string of the molecule is Cl.Cl.O=C(OCCN1CCN(CCOC(=O)c2ccc(F)cc2)CC1)c1ccc(F)cc1. The normalized spacial score (nSPS) is 14.1. The van der Waals surface area contributed by atoms with Gasteiger partial charge in [0.2, 0.25) is 0 Å². The summed E-state index contributed by atoms with van der Waals surface area (Å²) in [6, 6.07) is 10.5. The Bertz CT molecular complexity index is 775. The lowest BCUT2D eigenvalue weighted by Crippen LogP contribution is -2.48. The molecule has 6 nitrogen and oxygen atoms in total. The van der Waals surface area contributed by atoms with Crippen molar-refractivity contribution in [3.63, 3.8) is 0 Å². The number of esters is 2. The fraction of sp³-hybridized carbons (Fsp3) is 0.364. The number of ether oxygens (including phenoxy) is 2. The predicted octanol–water partition coefficient (Wildman–Crippen LogP) is 3.44. The second-order valence-electron chi connectivity index (χ2n) is 6.97. The van der Waals surface area contributed by atoms with Gasteiger partial charge in [-0.15, -0.1) is 24.8 Å². The van der Waals surface area contributed by atoms with Crippen LogP contribution in [0.1, 0.15) is 20.7 Å². The van der Waals surface area contributed by atoms with E-state index in [-0.39, 0.29) is 38.0 Å². The molecule has 1 aliphatic rings. The van der Waals surface area contributed by atoms with Gasteiger partial charge < -0.3 is 9.47 Å². The standard InChI is InChI=1S/C22H24F2N2O4.2ClH/c23-19-5-1-17(2-6-19)21(27)29-15-13-25-9-11-26(12-10-25)14-16-30-22(28)18-3-7-20(24)8-4-18;;/h1-8H,9-16H2;2*1H. The molecule has 0 amide bonds. The van der Waals surface area contributed by atoms with Crippen molar-refractivity contribution < 1.29 is 27.8 Å². The van der Waals surface area contributed by atoms with Crippen molar-refractivity contribution in [2.75, 3.05) is 52.5 Å². The first-order valence-corrected chi connectivity index (χ1v) is 9.81. The van der Waals surface area contributed by atoms with E-state index in [2.05, 4.69) is 9.80 Å². The topological polar surface area (TPSA) is 59.1 Å². The molecule has 0 spiro atoms. The van der Waals surface area contributed by atoms with Crippen LogP contribution in [0.15, 0.2) is 48.5 Å². The van der Waals surface area contributed by atoms with E-state index in [1.807, 2.05) is 0 Å². The van der Waals surface area contributed by atoms with Crippen LogP contribution in [0.2, 0.25) is 0 Å². The second-order valence-corrected chi connectivity index (χ2v) is 6.97. The zero-order chi connectivity index (χ0) is 21.3. The minimum atomic E-state index is -0.461. The van der Waals surface area contributed by atoms with Gasteiger partial charge in [0.05, 0.1) is 11.1 Å². The Labute approximate surface area is 198 Å². The first kappa shape index (κ1) is 27.8. The molecular weight excluding hydrogens is 465 g/mol. The molecule has 0 bridgehead atoms.